The fourth-order valence-corrected chi connectivity index (χ4v) is 3.17. The van der Waals surface area contributed by atoms with E-state index in [1.54, 1.807) is 30.3 Å². The SMILES string of the molecule is CCOC(=O)C(O)(CC1=CCSc2ccccc21)C(F)(F)F. The first-order valence-electron chi connectivity index (χ1n) is 6.67. The third-order valence-electron chi connectivity index (χ3n) is 3.33. The second-order valence-electron chi connectivity index (χ2n) is 4.79. The van der Waals surface area contributed by atoms with Gasteiger partial charge in [-0.1, -0.05) is 24.3 Å². The second-order valence-corrected chi connectivity index (χ2v) is 5.85. The van der Waals surface area contributed by atoms with Gasteiger partial charge in [0.25, 0.3) is 5.60 Å². The zero-order chi connectivity index (χ0) is 16.4. The van der Waals surface area contributed by atoms with Crippen molar-refractivity contribution < 1.29 is 27.8 Å². The second kappa shape index (κ2) is 6.34. The lowest BCUT2D eigenvalue weighted by atomic mass is 9.89. The number of benzene rings is 1. The van der Waals surface area contributed by atoms with Crippen molar-refractivity contribution in [3.63, 3.8) is 0 Å². The van der Waals surface area contributed by atoms with E-state index in [1.165, 1.54) is 18.7 Å². The van der Waals surface area contributed by atoms with Crippen molar-refractivity contribution in [1.29, 1.82) is 0 Å². The van der Waals surface area contributed by atoms with Crippen LogP contribution in [0.1, 0.15) is 18.9 Å². The summed E-state index contributed by atoms with van der Waals surface area (Å²) in [6.07, 6.45) is -4.37. The fourth-order valence-electron chi connectivity index (χ4n) is 2.18. The highest BCUT2D eigenvalue weighted by Gasteiger charge is 2.61. The highest BCUT2D eigenvalue weighted by molar-refractivity contribution is 7.99. The molecule has 1 aliphatic heterocycles. The molecule has 1 atom stereocenters. The first-order valence-corrected chi connectivity index (χ1v) is 7.65. The van der Waals surface area contributed by atoms with Crippen molar-refractivity contribution in [1.82, 2.24) is 0 Å². The quantitative estimate of drug-likeness (QED) is 0.858. The number of aliphatic hydroxyl groups is 1. The van der Waals surface area contributed by atoms with Gasteiger partial charge in [0.2, 0.25) is 0 Å². The highest BCUT2D eigenvalue weighted by atomic mass is 32.2. The number of carbonyl (C=O) groups excluding carboxylic acids is 1. The number of alkyl halides is 3. The largest absolute Gasteiger partial charge is 0.464 e. The number of rotatable bonds is 4. The number of thioether (sulfide) groups is 1. The number of ether oxygens (including phenoxy) is 1. The molecule has 1 aromatic rings. The molecule has 0 saturated carbocycles. The Morgan fingerprint density at radius 2 is 2.05 bits per heavy atom. The monoisotopic (exact) mass is 332 g/mol. The van der Waals surface area contributed by atoms with Gasteiger partial charge >= 0.3 is 12.1 Å². The molecule has 0 fully saturated rings. The van der Waals surface area contributed by atoms with E-state index in [1.807, 2.05) is 0 Å². The van der Waals surface area contributed by atoms with Gasteiger partial charge in [-0.15, -0.1) is 11.8 Å². The van der Waals surface area contributed by atoms with Crippen LogP contribution in [0.25, 0.3) is 5.57 Å². The van der Waals surface area contributed by atoms with Crippen molar-refractivity contribution in [2.75, 3.05) is 12.4 Å². The molecule has 120 valence electrons. The van der Waals surface area contributed by atoms with Gasteiger partial charge in [-0.05, 0) is 24.1 Å². The number of halogens is 3. The van der Waals surface area contributed by atoms with Gasteiger partial charge in [0, 0.05) is 17.1 Å². The van der Waals surface area contributed by atoms with Gasteiger partial charge < -0.3 is 9.84 Å². The van der Waals surface area contributed by atoms with Crippen molar-refractivity contribution in [3.05, 3.63) is 35.9 Å². The minimum Gasteiger partial charge on any atom is -0.464 e. The summed E-state index contributed by atoms with van der Waals surface area (Å²) in [5, 5.41) is 9.98. The lowest BCUT2D eigenvalue weighted by Gasteiger charge is -2.30. The molecule has 0 bridgehead atoms. The normalized spacial score (nSPS) is 17.2. The molecule has 1 N–H and O–H groups in total. The summed E-state index contributed by atoms with van der Waals surface area (Å²) < 4.78 is 44.1. The van der Waals surface area contributed by atoms with Crippen LogP contribution in [0.3, 0.4) is 0 Å². The molecular formula is C15H15F3O3S. The molecule has 0 radical (unpaired) electrons. The maximum absolute atomic E-state index is 13.2. The molecule has 0 aliphatic carbocycles. The Morgan fingerprint density at radius 3 is 2.68 bits per heavy atom. The third-order valence-corrected chi connectivity index (χ3v) is 4.33. The van der Waals surface area contributed by atoms with E-state index >= 15 is 0 Å². The Kier molecular flexibility index (Phi) is 4.87. The summed E-state index contributed by atoms with van der Waals surface area (Å²) in [4.78, 5) is 12.5. The van der Waals surface area contributed by atoms with E-state index in [9.17, 15) is 23.1 Å². The molecule has 1 unspecified atom stereocenters. The summed E-state index contributed by atoms with van der Waals surface area (Å²) >= 11 is 1.49. The van der Waals surface area contributed by atoms with Crippen LogP contribution in [0.5, 0.6) is 0 Å². The Labute approximate surface area is 130 Å². The van der Waals surface area contributed by atoms with Gasteiger partial charge in [-0.2, -0.15) is 13.2 Å². The molecule has 0 spiro atoms. The Bertz CT molecular complexity index is 598. The van der Waals surface area contributed by atoms with Crippen molar-refractivity contribution in [3.8, 4) is 0 Å². The average Bonchev–Trinajstić information content (AvgIpc) is 2.46. The molecule has 0 aromatic heterocycles. The molecule has 1 aliphatic rings. The number of fused-ring (bicyclic) bond motifs is 1. The molecule has 0 amide bonds. The third kappa shape index (κ3) is 3.15. The fraction of sp³-hybridized carbons (Fsp3) is 0.400. The average molecular weight is 332 g/mol. The van der Waals surface area contributed by atoms with Crippen molar-refractivity contribution in [2.45, 2.75) is 30.0 Å². The Morgan fingerprint density at radius 1 is 1.36 bits per heavy atom. The predicted octanol–water partition coefficient (Wildman–Crippen LogP) is 3.42. The van der Waals surface area contributed by atoms with Crippen LogP contribution < -0.4 is 0 Å². The predicted molar refractivity (Wildman–Crippen MR) is 77.4 cm³/mol. The Balaban J connectivity index is 2.36. The molecule has 0 saturated heterocycles. The van der Waals surface area contributed by atoms with Crippen LogP contribution in [0.2, 0.25) is 0 Å². The lowest BCUT2D eigenvalue weighted by Crippen LogP contribution is -2.53. The van der Waals surface area contributed by atoms with Gasteiger partial charge in [-0.3, -0.25) is 0 Å². The summed E-state index contributed by atoms with van der Waals surface area (Å²) in [6, 6.07) is 6.96. The standard InChI is InChI=1S/C15H15F3O3S/c1-2-21-13(19)14(20,15(16,17)18)9-10-7-8-22-12-6-4-3-5-11(10)12/h3-7,20H,2,8-9H2,1H3. The van der Waals surface area contributed by atoms with Crippen LogP contribution >= 0.6 is 11.8 Å². The van der Waals surface area contributed by atoms with Gasteiger partial charge in [-0.25, -0.2) is 4.79 Å². The maximum atomic E-state index is 13.2. The minimum atomic E-state index is -5.11. The molecule has 3 nitrogen and oxygen atoms in total. The molecule has 2 rings (SSSR count). The van der Waals surface area contributed by atoms with Gasteiger partial charge in [0.1, 0.15) is 0 Å². The van der Waals surface area contributed by atoms with E-state index in [4.69, 9.17) is 0 Å². The molecule has 7 heteroatoms. The van der Waals surface area contributed by atoms with E-state index in [-0.39, 0.29) is 6.61 Å². The molecular weight excluding hydrogens is 317 g/mol. The summed E-state index contributed by atoms with van der Waals surface area (Å²) in [7, 11) is 0. The molecule has 1 heterocycles. The van der Waals surface area contributed by atoms with Crippen LogP contribution in [0.4, 0.5) is 13.2 Å². The van der Waals surface area contributed by atoms with Crippen LogP contribution in [-0.2, 0) is 9.53 Å². The van der Waals surface area contributed by atoms with Gasteiger partial charge in [0.05, 0.1) is 6.61 Å². The van der Waals surface area contributed by atoms with Crippen LogP contribution in [0, 0.1) is 0 Å². The molecule has 22 heavy (non-hydrogen) atoms. The summed E-state index contributed by atoms with van der Waals surface area (Å²) in [6.45, 7) is 1.16. The number of hydrogen-bond donors (Lipinski definition) is 1. The lowest BCUT2D eigenvalue weighted by molar-refractivity contribution is -0.260. The van der Waals surface area contributed by atoms with E-state index in [2.05, 4.69) is 4.74 Å². The first-order chi connectivity index (χ1) is 10.3. The van der Waals surface area contributed by atoms with Crippen LogP contribution in [0.15, 0.2) is 35.2 Å². The maximum Gasteiger partial charge on any atom is 0.428 e. The van der Waals surface area contributed by atoms with Gasteiger partial charge in [0.15, 0.2) is 0 Å². The number of esters is 1. The molecule has 1 aromatic carbocycles. The Hall–Kier alpha value is -1.47. The topological polar surface area (TPSA) is 46.5 Å². The smallest absolute Gasteiger partial charge is 0.428 e. The zero-order valence-corrected chi connectivity index (χ0v) is 12.6. The summed E-state index contributed by atoms with van der Waals surface area (Å²) in [5.74, 6) is -1.18. The van der Waals surface area contributed by atoms with Crippen LogP contribution in [-0.4, -0.2) is 35.2 Å². The highest BCUT2D eigenvalue weighted by Crippen LogP contribution is 2.42. The number of hydrogen-bond acceptors (Lipinski definition) is 4. The van der Waals surface area contributed by atoms with Crippen molar-refractivity contribution >= 4 is 23.3 Å². The van der Waals surface area contributed by atoms with E-state index in [0.29, 0.717) is 16.9 Å². The first kappa shape index (κ1) is 16.9. The van der Waals surface area contributed by atoms with Crippen molar-refractivity contribution in [2.24, 2.45) is 0 Å². The number of carbonyl (C=O) groups is 1. The zero-order valence-electron chi connectivity index (χ0n) is 11.8. The minimum absolute atomic E-state index is 0.233. The summed E-state index contributed by atoms with van der Waals surface area (Å²) in [5.41, 5.74) is -2.64. The van der Waals surface area contributed by atoms with E-state index in [0.717, 1.165) is 4.90 Å². The van der Waals surface area contributed by atoms with E-state index < -0.39 is 24.2 Å².